The van der Waals surface area contributed by atoms with E-state index >= 15 is 0 Å². The molecule has 2 rings (SSSR count). The van der Waals surface area contributed by atoms with Crippen molar-refractivity contribution >= 4 is 16.6 Å². The largest absolute Gasteiger partial charge is 0.506 e. The van der Waals surface area contributed by atoms with Gasteiger partial charge in [0.25, 0.3) is 0 Å². The van der Waals surface area contributed by atoms with Gasteiger partial charge in [-0.15, -0.1) is 0 Å². The van der Waals surface area contributed by atoms with Gasteiger partial charge in [0.2, 0.25) is 0 Å². The Kier molecular flexibility index (Phi) is 1.43. The highest BCUT2D eigenvalue weighted by Gasteiger charge is 2.01. The topological polar surface area (TPSA) is 48.0 Å². The number of rotatable bonds is 1. The van der Waals surface area contributed by atoms with Gasteiger partial charge in [-0.2, -0.15) is 0 Å². The first kappa shape index (κ1) is 7.03. The van der Waals surface area contributed by atoms with Crippen molar-refractivity contribution in [1.29, 1.82) is 0 Å². The van der Waals surface area contributed by atoms with E-state index in [0.717, 1.165) is 16.6 Å². The normalized spacial score (nSPS) is 10.4. The summed E-state index contributed by atoms with van der Waals surface area (Å²) in [4.78, 5) is 3.07. The number of benzene rings is 1. The lowest BCUT2D eigenvalue weighted by Gasteiger charge is -2.02. The monoisotopic (exact) mass is 162 g/mol. The number of aromatic amines is 1. The molecule has 1 heterocycles. The molecule has 1 aromatic heterocycles. The number of phenols is 1. The summed E-state index contributed by atoms with van der Waals surface area (Å²) in [6.45, 7) is 0. The predicted molar refractivity (Wildman–Crippen MR) is 49.5 cm³/mol. The third-order valence-electron chi connectivity index (χ3n) is 1.94. The van der Waals surface area contributed by atoms with Crippen LogP contribution in [-0.2, 0) is 0 Å². The molecular formula is C9H10N2O. The summed E-state index contributed by atoms with van der Waals surface area (Å²) in [7, 11) is 1.78. The fourth-order valence-electron chi connectivity index (χ4n) is 1.29. The maximum atomic E-state index is 9.45. The van der Waals surface area contributed by atoms with E-state index in [9.17, 15) is 5.11 Å². The first-order valence-electron chi connectivity index (χ1n) is 3.79. The lowest BCUT2D eigenvalue weighted by molar-refractivity contribution is 0.478. The highest BCUT2D eigenvalue weighted by atomic mass is 16.3. The zero-order chi connectivity index (χ0) is 8.55. The van der Waals surface area contributed by atoms with Crippen LogP contribution in [0.1, 0.15) is 0 Å². The Morgan fingerprint density at radius 3 is 3.00 bits per heavy atom. The molecule has 3 nitrogen and oxygen atoms in total. The summed E-state index contributed by atoms with van der Waals surface area (Å²) in [6, 6.07) is 5.54. The molecule has 0 unspecified atom stereocenters. The fourth-order valence-corrected chi connectivity index (χ4v) is 1.29. The number of fused-ring (bicyclic) bond motifs is 1. The van der Waals surface area contributed by atoms with Crippen molar-refractivity contribution in [3.8, 4) is 5.75 Å². The van der Waals surface area contributed by atoms with E-state index in [1.165, 1.54) is 0 Å². The van der Waals surface area contributed by atoms with Crippen molar-refractivity contribution < 1.29 is 5.11 Å². The summed E-state index contributed by atoms with van der Waals surface area (Å²) in [5, 5.41) is 13.4. The first-order chi connectivity index (χ1) is 5.81. The smallest absolute Gasteiger partial charge is 0.139 e. The second-order valence-corrected chi connectivity index (χ2v) is 2.68. The lowest BCUT2D eigenvalue weighted by Crippen LogP contribution is -1.87. The van der Waals surface area contributed by atoms with Crippen LogP contribution in [0.4, 0.5) is 5.69 Å². The highest BCUT2D eigenvalue weighted by molar-refractivity contribution is 5.85. The maximum Gasteiger partial charge on any atom is 0.139 e. The number of hydrogen-bond acceptors (Lipinski definition) is 2. The molecule has 0 amide bonds. The SMILES string of the molecule is CNc1cc2[nH]ccc2cc1O. The van der Waals surface area contributed by atoms with Crippen LogP contribution in [0.15, 0.2) is 24.4 Å². The lowest BCUT2D eigenvalue weighted by atomic mass is 10.2. The van der Waals surface area contributed by atoms with Crippen LogP contribution in [0.3, 0.4) is 0 Å². The number of phenolic OH excluding ortho intramolecular Hbond substituents is 1. The molecule has 0 saturated heterocycles. The first-order valence-corrected chi connectivity index (χ1v) is 3.79. The van der Waals surface area contributed by atoms with Gasteiger partial charge < -0.3 is 15.4 Å². The number of aromatic hydroxyl groups is 1. The molecule has 0 atom stereocenters. The molecule has 0 fully saturated rings. The van der Waals surface area contributed by atoms with Crippen LogP contribution in [0.5, 0.6) is 5.75 Å². The molecule has 0 saturated carbocycles. The minimum atomic E-state index is 0.282. The molecule has 0 bridgehead atoms. The average molecular weight is 162 g/mol. The minimum Gasteiger partial charge on any atom is -0.506 e. The van der Waals surface area contributed by atoms with Gasteiger partial charge in [-0.05, 0) is 18.2 Å². The standard InChI is InChI=1S/C9H10N2O/c1-10-8-5-7-6(2-3-11-7)4-9(8)12/h2-5,10-12H,1H3. The third kappa shape index (κ3) is 0.906. The summed E-state index contributed by atoms with van der Waals surface area (Å²) in [5.41, 5.74) is 1.77. The Morgan fingerprint density at radius 2 is 2.25 bits per heavy atom. The molecule has 3 N–H and O–H groups in total. The highest BCUT2D eigenvalue weighted by Crippen LogP contribution is 2.27. The molecule has 0 aliphatic rings. The van der Waals surface area contributed by atoms with Crippen LogP contribution < -0.4 is 5.32 Å². The maximum absolute atomic E-state index is 9.45. The Balaban J connectivity index is 2.73. The Morgan fingerprint density at radius 1 is 1.42 bits per heavy atom. The van der Waals surface area contributed by atoms with E-state index in [2.05, 4.69) is 10.3 Å². The van der Waals surface area contributed by atoms with Crippen LogP contribution in [0.2, 0.25) is 0 Å². The van der Waals surface area contributed by atoms with Gasteiger partial charge in [-0.25, -0.2) is 0 Å². The fraction of sp³-hybridized carbons (Fsp3) is 0.111. The molecule has 1 aromatic carbocycles. The molecule has 3 heteroatoms. The Labute approximate surface area is 70.0 Å². The molecule has 0 aliphatic heterocycles. The number of anilines is 1. The quantitative estimate of drug-likeness (QED) is 0.561. The van der Waals surface area contributed by atoms with Crippen molar-refractivity contribution in [2.24, 2.45) is 0 Å². The number of H-pyrrole nitrogens is 1. The predicted octanol–water partition coefficient (Wildman–Crippen LogP) is 1.92. The van der Waals surface area contributed by atoms with Crippen molar-refractivity contribution in [1.82, 2.24) is 4.98 Å². The van der Waals surface area contributed by atoms with E-state index in [1.807, 2.05) is 18.3 Å². The van der Waals surface area contributed by atoms with Crippen molar-refractivity contribution in [2.75, 3.05) is 12.4 Å². The van der Waals surface area contributed by atoms with Crippen LogP contribution in [-0.4, -0.2) is 17.1 Å². The second-order valence-electron chi connectivity index (χ2n) is 2.68. The van der Waals surface area contributed by atoms with Crippen molar-refractivity contribution in [3.63, 3.8) is 0 Å². The van der Waals surface area contributed by atoms with Crippen LogP contribution in [0, 0.1) is 0 Å². The zero-order valence-corrected chi connectivity index (χ0v) is 6.76. The number of nitrogens with one attached hydrogen (secondary N) is 2. The van der Waals surface area contributed by atoms with Gasteiger partial charge in [0, 0.05) is 24.1 Å². The Bertz CT molecular complexity index is 406. The second kappa shape index (κ2) is 2.44. The van der Waals surface area contributed by atoms with Gasteiger partial charge in [0.05, 0.1) is 5.69 Å². The van der Waals surface area contributed by atoms with E-state index in [0.29, 0.717) is 0 Å². The minimum absolute atomic E-state index is 0.282. The van der Waals surface area contributed by atoms with E-state index in [1.54, 1.807) is 13.1 Å². The van der Waals surface area contributed by atoms with Crippen LogP contribution >= 0.6 is 0 Å². The van der Waals surface area contributed by atoms with E-state index < -0.39 is 0 Å². The summed E-state index contributed by atoms with van der Waals surface area (Å²) < 4.78 is 0. The molecular weight excluding hydrogens is 152 g/mol. The Hall–Kier alpha value is -1.64. The molecule has 2 aromatic rings. The summed E-state index contributed by atoms with van der Waals surface area (Å²) >= 11 is 0. The number of aromatic nitrogens is 1. The van der Waals surface area contributed by atoms with Gasteiger partial charge in [-0.1, -0.05) is 0 Å². The molecule has 12 heavy (non-hydrogen) atoms. The average Bonchev–Trinajstić information content (AvgIpc) is 2.49. The molecule has 0 aliphatic carbocycles. The molecule has 0 spiro atoms. The van der Waals surface area contributed by atoms with E-state index in [4.69, 9.17) is 0 Å². The number of hydrogen-bond donors (Lipinski definition) is 3. The van der Waals surface area contributed by atoms with E-state index in [-0.39, 0.29) is 5.75 Å². The van der Waals surface area contributed by atoms with Crippen molar-refractivity contribution in [3.05, 3.63) is 24.4 Å². The van der Waals surface area contributed by atoms with Gasteiger partial charge >= 0.3 is 0 Å². The zero-order valence-electron chi connectivity index (χ0n) is 6.76. The third-order valence-corrected chi connectivity index (χ3v) is 1.94. The summed E-state index contributed by atoms with van der Waals surface area (Å²) in [6.07, 6.45) is 1.85. The van der Waals surface area contributed by atoms with Gasteiger partial charge in [-0.3, -0.25) is 0 Å². The summed E-state index contributed by atoms with van der Waals surface area (Å²) in [5.74, 6) is 0.282. The van der Waals surface area contributed by atoms with Crippen molar-refractivity contribution in [2.45, 2.75) is 0 Å². The molecule has 0 radical (unpaired) electrons. The van der Waals surface area contributed by atoms with Gasteiger partial charge in [0.1, 0.15) is 5.75 Å². The van der Waals surface area contributed by atoms with Crippen LogP contribution in [0.25, 0.3) is 10.9 Å². The molecule has 62 valence electrons. The van der Waals surface area contributed by atoms with Gasteiger partial charge in [0.15, 0.2) is 0 Å².